The number of aliphatic imine (C=N–C) groups is 1. The number of nitriles is 1. The van der Waals surface area contributed by atoms with Crippen molar-refractivity contribution in [3.05, 3.63) is 34.9 Å². The number of amides is 1. The number of carbonyl (C=O) groups excluding carboxylic acids is 1. The average Bonchev–Trinajstić information content (AvgIpc) is 2.39. The van der Waals surface area contributed by atoms with Crippen LogP contribution in [-0.2, 0) is 4.79 Å². The number of hydrazine groups is 1. The van der Waals surface area contributed by atoms with E-state index in [1.165, 1.54) is 5.01 Å². The summed E-state index contributed by atoms with van der Waals surface area (Å²) >= 11 is 5.81. The highest BCUT2D eigenvalue weighted by Crippen LogP contribution is 2.11. The Kier molecular flexibility index (Phi) is 3.80. The van der Waals surface area contributed by atoms with Crippen LogP contribution in [0.3, 0.4) is 0 Å². The summed E-state index contributed by atoms with van der Waals surface area (Å²) in [5.74, 6) is 0.479. The molecule has 0 saturated carbocycles. The molecule has 1 aliphatic rings. The number of benzene rings is 1. The standard InChI is InChI=1S/C12H11ClN4O/c13-10-4-2-9(3-5-10)12-15-8-11(18)17(16-12)7-1-6-14/h2-5H,1,7-8H2,(H,15,16). The van der Waals surface area contributed by atoms with Gasteiger partial charge in [0.2, 0.25) is 0 Å². The molecule has 1 aromatic carbocycles. The molecule has 5 nitrogen and oxygen atoms in total. The fourth-order valence-corrected chi connectivity index (χ4v) is 1.69. The molecule has 1 heterocycles. The number of rotatable bonds is 3. The lowest BCUT2D eigenvalue weighted by atomic mass is 10.2. The zero-order chi connectivity index (χ0) is 13.0. The highest BCUT2D eigenvalue weighted by atomic mass is 35.5. The van der Waals surface area contributed by atoms with E-state index in [4.69, 9.17) is 16.9 Å². The number of nitrogens with one attached hydrogen (secondary N) is 1. The van der Waals surface area contributed by atoms with Crippen molar-refractivity contribution in [1.29, 1.82) is 5.26 Å². The summed E-state index contributed by atoms with van der Waals surface area (Å²) in [5, 5.41) is 10.6. The van der Waals surface area contributed by atoms with Crippen LogP contribution in [0.25, 0.3) is 0 Å². The molecular formula is C12H11ClN4O. The van der Waals surface area contributed by atoms with E-state index in [-0.39, 0.29) is 18.9 Å². The van der Waals surface area contributed by atoms with E-state index in [0.717, 1.165) is 5.56 Å². The van der Waals surface area contributed by atoms with Crippen molar-refractivity contribution < 1.29 is 4.79 Å². The van der Waals surface area contributed by atoms with E-state index in [1.54, 1.807) is 12.1 Å². The Labute approximate surface area is 110 Å². The quantitative estimate of drug-likeness (QED) is 0.894. The Morgan fingerprint density at radius 3 is 2.83 bits per heavy atom. The second kappa shape index (κ2) is 5.52. The molecule has 0 fully saturated rings. The van der Waals surface area contributed by atoms with Gasteiger partial charge in [-0.15, -0.1) is 0 Å². The van der Waals surface area contributed by atoms with Crippen molar-refractivity contribution in [3.63, 3.8) is 0 Å². The summed E-state index contributed by atoms with van der Waals surface area (Å²) in [5.41, 5.74) is 3.77. The maximum atomic E-state index is 11.6. The minimum Gasteiger partial charge on any atom is -0.279 e. The summed E-state index contributed by atoms with van der Waals surface area (Å²) in [6.45, 7) is 0.443. The largest absolute Gasteiger partial charge is 0.279 e. The lowest BCUT2D eigenvalue weighted by Gasteiger charge is -2.27. The summed E-state index contributed by atoms with van der Waals surface area (Å²) in [4.78, 5) is 15.7. The fourth-order valence-electron chi connectivity index (χ4n) is 1.56. The average molecular weight is 263 g/mol. The van der Waals surface area contributed by atoms with Gasteiger partial charge in [-0.2, -0.15) is 5.26 Å². The highest BCUT2D eigenvalue weighted by Gasteiger charge is 2.20. The zero-order valence-corrected chi connectivity index (χ0v) is 10.3. The number of amidine groups is 1. The highest BCUT2D eigenvalue weighted by molar-refractivity contribution is 6.30. The second-order valence-corrected chi connectivity index (χ2v) is 4.17. The Hall–Kier alpha value is -2.06. The van der Waals surface area contributed by atoms with E-state index < -0.39 is 0 Å². The molecule has 0 unspecified atom stereocenters. The smallest absolute Gasteiger partial charge is 0.262 e. The van der Waals surface area contributed by atoms with Gasteiger partial charge in [0.1, 0.15) is 12.4 Å². The predicted molar refractivity (Wildman–Crippen MR) is 67.9 cm³/mol. The number of nitrogens with zero attached hydrogens (tertiary/aromatic N) is 3. The Bertz CT molecular complexity index is 518. The molecule has 6 heteroatoms. The van der Waals surface area contributed by atoms with Gasteiger partial charge in [0.25, 0.3) is 5.91 Å². The molecule has 1 N–H and O–H groups in total. The lowest BCUT2D eigenvalue weighted by molar-refractivity contribution is -0.132. The first-order chi connectivity index (χ1) is 8.70. The summed E-state index contributed by atoms with van der Waals surface area (Å²) in [6, 6.07) is 9.18. The maximum Gasteiger partial charge on any atom is 0.262 e. The molecule has 0 spiro atoms. The van der Waals surface area contributed by atoms with Crippen LogP contribution in [0.15, 0.2) is 29.3 Å². The topological polar surface area (TPSA) is 68.5 Å². The van der Waals surface area contributed by atoms with Crippen LogP contribution in [0, 0.1) is 11.3 Å². The van der Waals surface area contributed by atoms with Crippen molar-refractivity contribution in [1.82, 2.24) is 10.4 Å². The maximum absolute atomic E-state index is 11.6. The monoisotopic (exact) mass is 262 g/mol. The lowest BCUT2D eigenvalue weighted by Crippen LogP contribution is -2.51. The van der Waals surface area contributed by atoms with E-state index in [9.17, 15) is 4.79 Å². The van der Waals surface area contributed by atoms with Crippen LogP contribution in [0.5, 0.6) is 0 Å². The SMILES string of the molecule is N#CCCN1NC(c2ccc(Cl)cc2)=NCC1=O. The molecule has 0 bridgehead atoms. The van der Waals surface area contributed by atoms with Gasteiger partial charge >= 0.3 is 0 Å². The minimum atomic E-state index is -0.136. The van der Waals surface area contributed by atoms with Gasteiger partial charge in [-0.25, -0.2) is 0 Å². The van der Waals surface area contributed by atoms with Crippen molar-refractivity contribution in [2.24, 2.45) is 4.99 Å². The third kappa shape index (κ3) is 2.79. The van der Waals surface area contributed by atoms with Crippen LogP contribution in [0.1, 0.15) is 12.0 Å². The zero-order valence-electron chi connectivity index (χ0n) is 9.56. The molecule has 0 radical (unpaired) electrons. The number of halogens is 1. The summed E-state index contributed by atoms with van der Waals surface area (Å²) < 4.78 is 0. The molecule has 1 amide bonds. The number of hydrogen-bond acceptors (Lipinski definition) is 4. The summed E-state index contributed by atoms with van der Waals surface area (Å²) in [7, 11) is 0. The van der Waals surface area contributed by atoms with Crippen LogP contribution < -0.4 is 5.43 Å². The van der Waals surface area contributed by atoms with Crippen LogP contribution >= 0.6 is 11.6 Å². The molecule has 2 rings (SSSR count). The van der Waals surface area contributed by atoms with Gasteiger partial charge in [0.05, 0.1) is 19.0 Å². The molecule has 18 heavy (non-hydrogen) atoms. The Morgan fingerprint density at radius 2 is 2.17 bits per heavy atom. The van der Waals surface area contributed by atoms with Crippen LogP contribution in [-0.4, -0.2) is 29.8 Å². The van der Waals surface area contributed by atoms with Gasteiger partial charge in [-0.3, -0.25) is 20.2 Å². The molecule has 0 aromatic heterocycles. The molecule has 0 atom stereocenters. The van der Waals surface area contributed by atoms with E-state index in [2.05, 4.69) is 10.4 Å². The minimum absolute atomic E-state index is 0.0936. The van der Waals surface area contributed by atoms with Crippen LogP contribution in [0.4, 0.5) is 0 Å². The second-order valence-electron chi connectivity index (χ2n) is 3.74. The van der Waals surface area contributed by atoms with E-state index in [0.29, 0.717) is 17.4 Å². The van der Waals surface area contributed by atoms with Gasteiger partial charge in [0, 0.05) is 10.6 Å². The first kappa shape index (κ1) is 12.4. The Morgan fingerprint density at radius 1 is 1.44 bits per heavy atom. The molecule has 92 valence electrons. The third-order valence-electron chi connectivity index (χ3n) is 2.48. The Balaban J connectivity index is 2.13. The van der Waals surface area contributed by atoms with Crippen LogP contribution in [0.2, 0.25) is 5.02 Å². The van der Waals surface area contributed by atoms with Crippen molar-refractivity contribution >= 4 is 23.3 Å². The van der Waals surface area contributed by atoms with Gasteiger partial charge < -0.3 is 0 Å². The molecule has 1 aromatic rings. The van der Waals surface area contributed by atoms with Crippen molar-refractivity contribution in [2.45, 2.75) is 6.42 Å². The van der Waals surface area contributed by atoms with Gasteiger partial charge in [-0.05, 0) is 24.3 Å². The molecule has 0 aliphatic carbocycles. The summed E-state index contributed by atoms with van der Waals surface area (Å²) in [6.07, 6.45) is 0.284. The van der Waals surface area contributed by atoms with Gasteiger partial charge in [-0.1, -0.05) is 11.6 Å². The van der Waals surface area contributed by atoms with Crippen molar-refractivity contribution in [2.75, 3.05) is 13.1 Å². The number of hydrogen-bond donors (Lipinski definition) is 1. The normalized spacial score (nSPS) is 14.8. The molecular weight excluding hydrogens is 252 g/mol. The fraction of sp³-hybridized carbons (Fsp3) is 0.250. The number of carbonyl (C=O) groups is 1. The van der Waals surface area contributed by atoms with Gasteiger partial charge in [0.15, 0.2) is 0 Å². The molecule has 0 saturated heterocycles. The third-order valence-corrected chi connectivity index (χ3v) is 2.73. The van der Waals surface area contributed by atoms with E-state index in [1.807, 2.05) is 18.2 Å². The van der Waals surface area contributed by atoms with Crippen molar-refractivity contribution in [3.8, 4) is 6.07 Å². The predicted octanol–water partition coefficient (Wildman–Crippen LogP) is 1.35. The molecule has 1 aliphatic heterocycles. The van der Waals surface area contributed by atoms with E-state index >= 15 is 0 Å². The first-order valence-electron chi connectivity index (χ1n) is 5.45. The first-order valence-corrected chi connectivity index (χ1v) is 5.83.